The Balaban J connectivity index is 1.45. The molecule has 0 aliphatic rings. The summed E-state index contributed by atoms with van der Waals surface area (Å²) in [6.45, 7) is 0. The Bertz CT molecular complexity index is 1300. The van der Waals surface area contributed by atoms with Crippen LogP contribution in [0.3, 0.4) is 0 Å². The second kappa shape index (κ2) is 9.67. The van der Waals surface area contributed by atoms with E-state index in [0.717, 1.165) is 33.9 Å². The summed E-state index contributed by atoms with van der Waals surface area (Å²) in [5.41, 5.74) is 3.48. The molecule has 5 aromatic rings. The van der Waals surface area contributed by atoms with E-state index in [1.165, 1.54) is 11.8 Å². The topological polar surface area (TPSA) is 110 Å². The fourth-order valence-corrected chi connectivity index (χ4v) is 3.93. The van der Waals surface area contributed by atoms with Crippen molar-refractivity contribution in [3.63, 3.8) is 0 Å². The Labute approximate surface area is 200 Å². The van der Waals surface area contributed by atoms with Gasteiger partial charge in [0.05, 0.1) is 25.3 Å². The molecule has 0 aliphatic carbocycles. The molecule has 2 heterocycles. The van der Waals surface area contributed by atoms with Gasteiger partial charge < -0.3 is 25.1 Å². The lowest BCUT2D eigenvalue weighted by Gasteiger charge is -2.10. The zero-order chi connectivity index (χ0) is 23.3. The molecule has 3 N–H and O–H groups in total. The van der Waals surface area contributed by atoms with Crippen LogP contribution in [0, 0.1) is 0 Å². The van der Waals surface area contributed by atoms with Gasteiger partial charge in [-0.2, -0.15) is 15.0 Å². The van der Waals surface area contributed by atoms with Gasteiger partial charge in [-0.3, -0.25) is 0 Å². The molecule has 0 unspecified atom stereocenters. The molecule has 2 aromatic heterocycles. The number of methoxy groups -OCH3 is 2. The number of nitrogens with zero attached hydrogens (tertiary/aromatic N) is 4. The van der Waals surface area contributed by atoms with Gasteiger partial charge in [0.2, 0.25) is 17.1 Å². The first kappa shape index (κ1) is 21.5. The van der Waals surface area contributed by atoms with E-state index in [2.05, 4.69) is 35.6 Å². The molecule has 0 bridgehead atoms. The molecular weight excluding hydrogens is 450 g/mol. The number of hydrogen-bond acceptors (Lipinski definition) is 9. The van der Waals surface area contributed by atoms with Crippen LogP contribution in [0.1, 0.15) is 0 Å². The van der Waals surface area contributed by atoms with Crippen molar-refractivity contribution in [1.82, 2.24) is 24.9 Å². The molecule has 3 aromatic carbocycles. The molecule has 0 saturated heterocycles. The third-order valence-corrected chi connectivity index (χ3v) is 5.61. The number of aromatic amines is 1. The average molecular weight is 472 g/mol. The highest BCUT2D eigenvalue weighted by molar-refractivity contribution is 7.99. The lowest BCUT2D eigenvalue weighted by atomic mass is 10.3. The quantitative estimate of drug-likeness (QED) is 0.274. The number of aromatic nitrogens is 5. The molecule has 10 heteroatoms. The highest BCUT2D eigenvalue weighted by atomic mass is 32.2. The molecule has 170 valence electrons. The maximum Gasteiger partial charge on any atom is 0.233 e. The van der Waals surface area contributed by atoms with Crippen LogP contribution >= 0.6 is 11.8 Å². The van der Waals surface area contributed by atoms with Crippen LogP contribution in [-0.2, 0) is 0 Å². The zero-order valence-electron chi connectivity index (χ0n) is 18.4. The minimum absolute atomic E-state index is 0.398. The lowest BCUT2D eigenvalue weighted by Crippen LogP contribution is -2.05. The van der Waals surface area contributed by atoms with Crippen molar-refractivity contribution in [2.24, 2.45) is 0 Å². The first-order valence-electron chi connectivity index (χ1n) is 10.4. The van der Waals surface area contributed by atoms with Crippen LogP contribution in [0.2, 0.25) is 0 Å². The van der Waals surface area contributed by atoms with Crippen molar-refractivity contribution in [3.8, 4) is 11.5 Å². The normalized spacial score (nSPS) is 10.8. The number of para-hydroxylation sites is 2. The number of imidazole rings is 1. The van der Waals surface area contributed by atoms with Crippen LogP contribution in [-0.4, -0.2) is 39.1 Å². The van der Waals surface area contributed by atoms with E-state index in [0.29, 0.717) is 22.2 Å². The number of nitrogens with one attached hydrogen (secondary N) is 3. The monoisotopic (exact) mass is 471 g/mol. The van der Waals surface area contributed by atoms with E-state index in [1.54, 1.807) is 14.2 Å². The summed E-state index contributed by atoms with van der Waals surface area (Å²) in [7, 11) is 3.26. The Morgan fingerprint density at radius 3 is 1.76 bits per heavy atom. The third-order valence-electron chi connectivity index (χ3n) is 4.86. The molecule has 9 nitrogen and oxygen atoms in total. The summed E-state index contributed by atoms with van der Waals surface area (Å²) >= 11 is 1.33. The van der Waals surface area contributed by atoms with Crippen molar-refractivity contribution in [2.45, 2.75) is 10.3 Å². The summed E-state index contributed by atoms with van der Waals surface area (Å²) in [5, 5.41) is 7.64. The summed E-state index contributed by atoms with van der Waals surface area (Å²) in [6.07, 6.45) is 0. The highest BCUT2D eigenvalue weighted by Gasteiger charge is 2.12. The zero-order valence-corrected chi connectivity index (χ0v) is 19.3. The molecule has 0 radical (unpaired) electrons. The summed E-state index contributed by atoms with van der Waals surface area (Å²) in [4.78, 5) is 21.6. The molecule has 0 amide bonds. The number of hydrogen-bond donors (Lipinski definition) is 3. The first-order valence-corrected chi connectivity index (χ1v) is 11.2. The Morgan fingerprint density at radius 2 is 1.24 bits per heavy atom. The molecule has 0 atom stereocenters. The van der Waals surface area contributed by atoms with Gasteiger partial charge in [-0.05, 0) is 72.4 Å². The van der Waals surface area contributed by atoms with E-state index < -0.39 is 0 Å². The maximum absolute atomic E-state index is 5.23. The van der Waals surface area contributed by atoms with E-state index in [-0.39, 0.29) is 0 Å². The predicted octanol–water partition coefficient (Wildman–Crippen LogP) is 5.40. The van der Waals surface area contributed by atoms with Gasteiger partial charge in [0, 0.05) is 11.4 Å². The largest absolute Gasteiger partial charge is 0.497 e. The molecular formula is C24H21N7O2S. The predicted molar refractivity (Wildman–Crippen MR) is 133 cm³/mol. The van der Waals surface area contributed by atoms with Gasteiger partial charge in [-0.1, -0.05) is 12.1 Å². The molecule has 0 fully saturated rings. The number of benzene rings is 3. The molecule has 34 heavy (non-hydrogen) atoms. The van der Waals surface area contributed by atoms with Gasteiger partial charge in [-0.25, -0.2) is 4.98 Å². The summed E-state index contributed by atoms with van der Waals surface area (Å²) in [6, 6.07) is 22.9. The van der Waals surface area contributed by atoms with Crippen molar-refractivity contribution in [2.75, 3.05) is 24.9 Å². The Hall–Kier alpha value is -4.31. The minimum atomic E-state index is 0.398. The van der Waals surface area contributed by atoms with E-state index in [9.17, 15) is 0 Å². The van der Waals surface area contributed by atoms with Gasteiger partial charge >= 0.3 is 0 Å². The first-order chi connectivity index (χ1) is 16.7. The number of anilines is 4. The van der Waals surface area contributed by atoms with Crippen LogP contribution < -0.4 is 20.1 Å². The fourth-order valence-electron chi connectivity index (χ4n) is 3.19. The summed E-state index contributed by atoms with van der Waals surface area (Å²) < 4.78 is 10.5. The van der Waals surface area contributed by atoms with Gasteiger partial charge in [0.25, 0.3) is 0 Å². The fraction of sp³-hybridized carbons (Fsp3) is 0.0833. The van der Waals surface area contributed by atoms with Gasteiger partial charge in [-0.15, -0.1) is 0 Å². The van der Waals surface area contributed by atoms with Gasteiger partial charge in [0.1, 0.15) is 11.5 Å². The number of ether oxygens (including phenoxy) is 2. The Morgan fingerprint density at radius 1 is 0.676 bits per heavy atom. The minimum Gasteiger partial charge on any atom is -0.497 e. The van der Waals surface area contributed by atoms with E-state index in [4.69, 9.17) is 9.47 Å². The molecule has 0 saturated carbocycles. The standard InChI is InChI=1S/C24H21N7O2S/c1-32-17-11-7-15(8-12-17)25-21-29-22(26-16-9-13-18(33-2)14-10-16)31-24(30-21)34-23-27-19-5-3-4-6-20(19)28-23/h3-14H,1-2H3,(H,27,28)(H2,25,26,29,30,31). The van der Waals surface area contributed by atoms with Crippen LogP contribution in [0.4, 0.5) is 23.3 Å². The third kappa shape index (κ3) is 5.02. The second-order valence-corrected chi connectivity index (χ2v) is 8.09. The van der Waals surface area contributed by atoms with Crippen molar-refractivity contribution < 1.29 is 9.47 Å². The van der Waals surface area contributed by atoms with Gasteiger partial charge in [0.15, 0.2) is 5.16 Å². The van der Waals surface area contributed by atoms with Crippen LogP contribution in [0.25, 0.3) is 11.0 Å². The van der Waals surface area contributed by atoms with Crippen LogP contribution in [0.15, 0.2) is 83.1 Å². The van der Waals surface area contributed by atoms with Crippen molar-refractivity contribution in [3.05, 3.63) is 72.8 Å². The number of H-pyrrole nitrogens is 1. The van der Waals surface area contributed by atoms with Crippen molar-refractivity contribution >= 4 is 46.1 Å². The SMILES string of the molecule is COc1ccc(Nc2nc(Nc3ccc(OC)cc3)nc(Sc3nc4ccccc4[nH]3)n2)cc1. The maximum atomic E-state index is 5.23. The van der Waals surface area contributed by atoms with E-state index >= 15 is 0 Å². The molecule has 5 rings (SSSR count). The number of fused-ring (bicyclic) bond motifs is 1. The Kier molecular flexibility index (Phi) is 6.13. The molecule has 0 aliphatic heterocycles. The molecule has 0 spiro atoms. The highest BCUT2D eigenvalue weighted by Crippen LogP contribution is 2.28. The second-order valence-electron chi connectivity index (χ2n) is 7.13. The van der Waals surface area contributed by atoms with Crippen LogP contribution in [0.5, 0.6) is 11.5 Å². The van der Waals surface area contributed by atoms with E-state index in [1.807, 2.05) is 72.8 Å². The van der Waals surface area contributed by atoms with Crippen molar-refractivity contribution in [1.29, 1.82) is 0 Å². The number of rotatable bonds is 8. The average Bonchev–Trinajstić information content (AvgIpc) is 3.27. The summed E-state index contributed by atoms with van der Waals surface area (Å²) in [5.74, 6) is 2.33. The smallest absolute Gasteiger partial charge is 0.233 e. The lowest BCUT2D eigenvalue weighted by molar-refractivity contribution is 0.415.